The summed E-state index contributed by atoms with van der Waals surface area (Å²) in [5.41, 5.74) is 1.95. The van der Waals surface area contributed by atoms with E-state index < -0.39 is 0 Å². The highest BCUT2D eigenvalue weighted by molar-refractivity contribution is 7.99. The van der Waals surface area contributed by atoms with Crippen molar-refractivity contribution in [2.24, 2.45) is 22.0 Å². The lowest BCUT2D eigenvalue weighted by molar-refractivity contribution is -0.121. The second kappa shape index (κ2) is 15.1. The molecule has 1 saturated carbocycles. The van der Waals surface area contributed by atoms with Crippen molar-refractivity contribution in [1.29, 1.82) is 0 Å². The predicted octanol–water partition coefficient (Wildman–Crippen LogP) is 6.33. The zero-order valence-corrected chi connectivity index (χ0v) is 19.7. The Morgan fingerprint density at radius 2 is 1.93 bits per heavy atom. The molecule has 0 aliphatic heterocycles. The van der Waals surface area contributed by atoms with Gasteiger partial charge >= 0.3 is 0 Å². The van der Waals surface area contributed by atoms with Crippen molar-refractivity contribution >= 4 is 29.0 Å². The summed E-state index contributed by atoms with van der Waals surface area (Å²) in [5.74, 6) is 1.60. The first kappa shape index (κ1) is 25.2. The van der Waals surface area contributed by atoms with Gasteiger partial charge in [-0.2, -0.15) is 11.8 Å². The van der Waals surface area contributed by atoms with Gasteiger partial charge < -0.3 is 4.84 Å². The van der Waals surface area contributed by atoms with Gasteiger partial charge in [-0.05, 0) is 44.3 Å². The van der Waals surface area contributed by atoms with E-state index in [4.69, 9.17) is 9.83 Å². The van der Waals surface area contributed by atoms with Gasteiger partial charge in [-0.3, -0.25) is 9.79 Å². The quantitative estimate of drug-likeness (QED) is 0.191. The number of thioether (sulfide) groups is 1. The molecule has 4 nitrogen and oxygen atoms in total. The number of aliphatic imine (C=N–C) groups is 1. The summed E-state index contributed by atoms with van der Waals surface area (Å²) in [6.45, 7) is 12.1. The molecule has 0 amide bonds. The average Bonchev–Trinajstić information content (AvgIpc) is 2.65. The predicted molar refractivity (Wildman–Crippen MR) is 124 cm³/mol. The van der Waals surface area contributed by atoms with Crippen LogP contribution in [-0.2, 0) is 9.63 Å². The molecular formula is C23H42N2O2S. The van der Waals surface area contributed by atoms with Gasteiger partial charge in [0.05, 0.1) is 11.6 Å². The van der Waals surface area contributed by atoms with E-state index in [1.54, 1.807) is 0 Å². The zero-order valence-electron chi connectivity index (χ0n) is 18.8. The Morgan fingerprint density at radius 3 is 2.57 bits per heavy atom. The van der Waals surface area contributed by atoms with E-state index in [0.29, 0.717) is 30.0 Å². The lowest BCUT2D eigenvalue weighted by Gasteiger charge is -2.31. The Kier molecular flexibility index (Phi) is 13.6. The molecule has 28 heavy (non-hydrogen) atoms. The van der Waals surface area contributed by atoms with Crippen molar-refractivity contribution in [1.82, 2.24) is 0 Å². The fraction of sp³-hybridized carbons (Fsp3) is 0.870. The first-order valence-corrected chi connectivity index (χ1v) is 12.5. The maximum Gasteiger partial charge on any atom is 0.147 e. The van der Waals surface area contributed by atoms with Crippen LogP contribution < -0.4 is 0 Å². The van der Waals surface area contributed by atoms with Gasteiger partial charge in [-0.25, -0.2) is 0 Å². The van der Waals surface area contributed by atoms with E-state index in [9.17, 15) is 4.79 Å². The van der Waals surface area contributed by atoms with Crippen molar-refractivity contribution in [2.75, 3.05) is 18.9 Å². The molecule has 0 aromatic rings. The second-order valence-electron chi connectivity index (χ2n) is 7.86. The van der Waals surface area contributed by atoms with E-state index in [2.05, 4.69) is 32.9 Å². The topological polar surface area (TPSA) is 51.0 Å². The molecular weight excluding hydrogens is 368 g/mol. The van der Waals surface area contributed by atoms with Crippen molar-refractivity contribution in [3.05, 3.63) is 0 Å². The van der Waals surface area contributed by atoms with E-state index in [1.807, 2.05) is 18.7 Å². The number of ketones is 1. The number of carbonyl (C=O) groups excluding carboxylic acids is 1. The second-order valence-corrected chi connectivity index (χ2v) is 9.57. The molecule has 1 aliphatic carbocycles. The van der Waals surface area contributed by atoms with Crippen LogP contribution in [0.2, 0.25) is 0 Å². The molecule has 1 unspecified atom stereocenters. The third-order valence-corrected chi connectivity index (χ3v) is 6.33. The highest BCUT2D eigenvalue weighted by Crippen LogP contribution is 2.32. The van der Waals surface area contributed by atoms with E-state index in [0.717, 1.165) is 55.8 Å². The summed E-state index contributed by atoms with van der Waals surface area (Å²) in [6, 6.07) is 0. The molecule has 5 heteroatoms. The number of nitrogens with zero attached hydrogens (tertiary/aromatic N) is 2. The largest absolute Gasteiger partial charge is 0.396 e. The molecule has 0 N–H and O–H groups in total. The van der Waals surface area contributed by atoms with Crippen LogP contribution in [0.4, 0.5) is 0 Å². The van der Waals surface area contributed by atoms with Gasteiger partial charge in [-0.1, -0.05) is 58.5 Å². The summed E-state index contributed by atoms with van der Waals surface area (Å²) in [6.07, 6.45) is 9.27. The van der Waals surface area contributed by atoms with Gasteiger partial charge in [0.2, 0.25) is 0 Å². The first-order chi connectivity index (χ1) is 13.6. The van der Waals surface area contributed by atoms with Crippen LogP contribution in [0.3, 0.4) is 0 Å². The third kappa shape index (κ3) is 9.11. The summed E-state index contributed by atoms with van der Waals surface area (Å²) in [4.78, 5) is 23.5. The fourth-order valence-corrected chi connectivity index (χ4v) is 4.98. The molecule has 0 aromatic heterocycles. The van der Waals surface area contributed by atoms with Crippen molar-refractivity contribution in [3.8, 4) is 0 Å². The first-order valence-electron chi connectivity index (χ1n) is 11.4. The maximum atomic E-state index is 13.1. The summed E-state index contributed by atoms with van der Waals surface area (Å²) in [7, 11) is 0. The summed E-state index contributed by atoms with van der Waals surface area (Å²) < 4.78 is 0. The Hall–Kier alpha value is -0.840. The smallest absolute Gasteiger partial charge is 0.147 e. The molecule has 162 valence electrons. The van der Waals surface area contributed by atoms with Crippen molar-refractivity contribution < 1.29 is 9.63 Å². The number of hydrogen-bond donors (Lipinski definition) is 0. The number of hydrogen-bond acceptors (Lipinski definition) is 5. The Labute approximate surface area is 177 Å². The van der Waals surface area contributed by atoms with Gasteiger partial charge in [-0.15, -0.1) is 0 Å². The maximum absolute atomic E-state index is 13.1. The van der Waals surface area contributed by atoms with Crippen LogP contribution in [-0.4, -0.2) is 41.4 Å². The molecule has 0 bridgehead atoms. The van der Waals surface area contributed by atoms with Crippen LogP contribution in [0.15, 0.2) is 10.1 Å². The van der Waals surface area contributed by atoms with Gasteiger partial charge in [0.15, 0.2) is 0 Å². The zero-order chi connectivity index (χ0) is 20.8. The van der Waals surface area contributed by atoms with Crippen LogP contribution in [0.5, 0.6) is 0 Å². The van der Waals surface area contributed by atoms with Gasteiger partial charge in [0.25, 0.3) is 0 Å². The van der Waals surface area contributed by atoms with Crippen LogP contribution in [0.1, 0.15) is 92.4 Å². The van der Waals surface area contributed by atoms with Gasteiger partial charge in [0, 0.05) is 23.9 Å². The lowest BCUT2D eigenvalue weighted by Crippen LogP contribution is -2.39. The van der Waals surface area contributed by atoms with E-state index in [-0.39, 0.29) is 5.92 Å². The summed E-state index contributed by atoms with van der Waals surface area (Å²) in [5, 5.41) is 4.94. The highest BCUT2D eigenvalue weighted by Gasteiger charge is 2.37. The standard InChI is InChI=1S/C23H42N2O2S/c1-6-10-11-12-14-24-21-16-19(15-18(5)28-9-4)17-22(26)23(21)20(13-7-2)25-27-8-3/h18-19,23H,6-17H2,1-5H3/b24-21?,25-20-/t18-,19-,23?/m0/s1. The Balaban J connectivity index is 2.96. The molecule has 0 aromatic carbocycles. The average molecular weight is 411 g/mol. The monoisotopic (exact) mass is 410 g/mol. The normalized spacial score (nSPS) is 23.2. The SMILES string of the molecule is CCCCCCN=C1C[C@H](C[C@H](C)SCC)CC(=O)C1/C(CCC)=N\OCC. The molecule has 0 heterocycles. The summed E-state index contributed by atoms with van der Waals surface area (Å²) >= 11 is 1.99. The lowest BCUT2D eigenvalue weighted by atomic mass is 9.75. The molecule has 0 radical (unpaired) electrons. The minimum atomic E-state index is -0.247. The molecule has 0 spiro atoms. The van der Waals surface area contributed by atoms with Crippen molar-refractivity contribution in [2.45, 2.75) is 97.7 Å². The van der Waals surface area contributed by atoms with Crippen LogP contribution >= 0.6 is 11.8 Å². The minimum Gasteiger partial charge on any atom is -0.396 e. The third-order valence-electron chi connectivity index (χ3n) is 5.24. The molecule has 0 saturated heterocycles. The molecule has 1 rings (SSSR count). The molecule has 1 fully saturated rings. The number of Topliss-reactive ketones (excluding diaryl/α,β-unsaturated/α-hetero) is 1. The molecule has 1 aliphatic rings. The van der Waals surface area contributed by atoms with Gasteiger partial charge in [0.1, 0.15) is 12.4 Å². The van der Waals surface area contributed by atoms with Crippen molar-refractivity contribution in [3.63, 3.8) is 0 Å². The highest BCUT2D eigenvalue weighted by atomic mass is 32.2. The number of carbonyl (C=O) groups is 1. The van der Waals surface area contributed by atoms with E-state index in [1.165, 1.54) is 19.3 Å². The molecule has 3 atom stereocenters. The van der Waals surface area contributed by atoms with Crippen LogP contribution in [0, 0.1) is 11.8 Å². The Morgan fingerprint density at radius 1 is 1.14 bits per heavy atom. The fourth-order valence-electron chi connectivity index (χ4n) is 4.00. The number of oxime groups is 1. The Bertz CT molecular complexity index is 505. The van der Waals surface area contributed by atoms with E-state index >= 15 is 0 Å². The van der Waals surface area contributed by atoms with Crippen LogP contribution in [0.25, 0.3) is 0 Å². The number of unbranched alkanes of at least 4 members (excludes halogenated alkanes) is 3. The minimum absolute atomic E-state index is 0.247. The number of rotatable bonds is 14.